The molecule has 2 atom stereocenters. The van der Waals surface area contributed by atoms with Gasteiger partial charge in [0.25, 0.3) is 0 Å². The number of nitrogens with zero attached hydrogens (tertiary/aromatic N) is 1. The molecule has 2 unspecified atom stereocenters. The van der Waals surface area contributed by atoms with Crippen LogP contribution in [-0.4, -0.2) is 29.3 Å². The highest BCUT2D eigenvalue weighted by molar-refractivity contribution is 5.67. The predicted octanol–water partition coefficient (Wildman–Crippen LogP) is 3.04. The molecule has 0 spiro atoms. The van der Waals surface area contributed by atoms with Gasteiger partial charge in [0, 0.05) is 31.0 Å². The summed E-state index contributed by atoms with van der Waals surface area (Å²) in [6.07, 6.45) is 5.73. The van der Waals surface area contributed by atoms with Gasteiger partial charge in [0.1, 0.15) is 5.60 Å². The van der Waals surface area contributed by atoms with Gasteiger partial charge in [-0.05, 0) is 58.1 Å². The highest BCUT2D eigenvalue weighted by Crippen LogP contribution is 2.33. The molecule has 0 aromatic carbocycles. The summed E-state index contributed by atoms with van der Waals surface area (Å²) in [5, 5.41) is 6.48. The molecule has 0 saturated heterocycles. The van der Waals surface area contributed by atoms with Crippen LogP contribution < -0.4 is 10.6 Å². The van der Waals surface area contributed by atoms with E-state index in [4.69, 9.17) is 4.74 Å². The lowest BCUT2D eigenvalue weighted by Gasteiger charge is -2.25. The number of carbonyl (C=O) groups is 1. The maximum atomic E-state index is 11.8. The first kappa shape index (κ1) is 16.7. The first-order chi connectivity index (χ1) is 10.3. The number of aromatic nitrogens is 1. The molecule has 2 N–H and O–H groups in total. The standard InChI is InChI=1S/C17H27N3O2/c1-12(14-6-5-9-18-10-14)20-15(13-7-8-13)11-19-16(21)22-17(2,3)4/h5-6,9-10,12-13,15,20H,7-8,11H2,1-4H3,(H,19,21). The van der Waals surface area contributed by atoms with Crippen molar-refractivity contribution in [3.8, 4) is 0 Å². The van der Waals surface area contributed by atoms with E-state index < -0.39 is 5.60 Å². The molecule has 1 amide bonds. The van der Waals surface area contributed by atoms with E-state index in [1.807, 2.05) is 33.0 Å². The zero-order valence-electron chi connectivity index (χ0n) is 13.9. The van der Waals surface area contributed by atoms with Crippen LogP contribution in [0.5, 0.6) is 0 Å². The first-order valence-corrected chi connectivity index (χ1v) is 7.98. The van der Waals surface area contributed by atoms with Gasteiger partial charge in [0.05, 0.1) is 0 Å². The van der Waals surface area contributed by atoms with E-state index in [1.165, 1.54) is 12.8 Å². The normalized spacial score (nSPS) is 17.6. The number of amides is 1. The fraction of sp³-hybridized carbons (Fsp3) is 0.647. The van der Waals surface area contributed by atoms with Crippen LogP contribution >= 0.6 is 0 Å². The van der Waals surface area contributed by atoms with Crippen molar-refractivity contribution in [1.82, 2.24) is 15.6 Å². The molecular weight excluding hydrogens is 278 g/mol. The molecule has 122 valence electrons. The van der Waals surface area contributed by atoms with E-state index >= 15 is 0 Å². The average molecular weight is 305 g/mol. The summed E-state index contributed by atoms with van der Waals surface area (Å²) < 4.78 is 5.29. The molecule has 0 radical (unpaired) electrons. The third kappa shape index (κ3) is 5.64. The summed E-state index contributed by atoms with van der Waals surface area (Å²) >= 11 is 0. The Morgan fingerprint density at radius 1 is 1.45 bits per heavy atom. The van der Waals surface area contributed by atoms with E-state index in [-0.39, 0.29) is 18.2 Å². The summed E-state index contributed by atoms with van der Waals surface area (Å²) in [5.41, 5.74) is 0.695. The van der Waals surface area contributed by atoms with Gasteiger partial charge in [-0.3, -0.25) is 4.98 Å². The van der Waals surface area contributed by atoms with Crippen LogP contribution in [0.4, 0.5) is 4.79 Å². The Balaban J connectivity index is 1.84. The van der Waals surface area contributed by atoms with E-state index in [0.717, 1.165) is 5.56 Å². The molecule has 2 rings (SSSR count). The summed E-state index contributed by atoms with van der Waals surface area (Å²) in [7, 11) is 0. The number of carbonyl (C=O) groups excluding carboxylic acids is 1. The number of alkyl carbamates (subject to hydrolysis) is 1. The van der Waals surface area contributed by atoms with Gasteiger partial charge in [0.2, 0.25) is 0 Å². The smallest absolute Gasteiger partial charge is 0.407 e. The minimum Gasteiger partial charge on any atom is -0.444 e. The maximum absolute atomic E-state index is 11.8. The fourth-order valence-electron chi connectivity index (χ4n) is 2.42. The molecule has 5 nitrogen and oxygen atoms in total. The lowest BCUT2D eigenvalue weighted by atomic mass is 10.1. The lowest BCUT2D eigenvalue weighted by Crippen LogP contribution is -2.44. The molecule has 1 heterocycles. The monoisotopic (exact) mass is 305 g/mol. The number of rotatable bonds is 6. The van der Waals surface area contributed by atoms with Gasteiger partial charge in [-0.25, -0.2) is 4.79 Å². The topological polar surface area (TPSA) is 63.2 Å². The second-order valence-electron chi connectivity index (χ2n) is 7.00. The Kier molecular flexibility index (Phi) is 5.40. The number of hydrogen-bond acceptors (Lipinski definition) is 4. The van der Waals surface area contributed by atoms with Gasteiger partial charge in [0.15, 0.2) is 0 Å². The number of ether oxygens (including phenoxy) is 1. The molecule has 1 aromatic heterocycles. The zero-order valence-corrected chi connectivity index (χ0v) is 13.9. The van der Waals surface area contributed by atoms with Gasteiger partial charge in [-0.15, -0.1) is 0 Å². The van der Waals surface area contributed by atoms with Crippen LogP contribution in [0.2, 0.25) is 0 Å². The van der Waals surface area contributed by atoms with Crippen LogP contribution in [0.1, 0.15) is 52.1 Å². The van der Waals surface area contributed by atoms with Crippen molar-refractivity contribution in [2.45, 2.75) is 58.2 Å². The van der Waals surface area contributed by atoms with Crippen molar-refractivity contribution >= 4 is 6.09 Å². The SMILES string of the molecule is CC(NC(CNC(=O)OC(C)(C)C)C1CC1)c1cccnc1. The van der Waals surface area contributed by atoms with Crippen molar-refractivity contribution in [2.24, 2.45) is 5.92 Å². The summed E-state index contributed by atoms with van der Waals surface area (Å²) in [4.78, 5) is 15.9. The lowest BCUT2D eigenvalue weighted by molar-refractivity contribution is 0.0520. The number of nitrogens with one attached hydrogen (secondary N) is 2. The number of hydrogen-bond donors (Lipinski definition) is 2. The summed E-state index contributed by atoms with van der Waals surface area (Å²) in [6.45, 7) is 8.32. The zero-order chi connectivity index (χ0) is 16.2. The minimum absolute atomic E-state index is 0.208. The summed E-state index contributed by atoms with van der Waals surface area (Å²) in [5.74, 6) is 0.633. The van der Waals surface area contributed by atoms with E-state index in [0.29, 0.717) is 12.5 Å². The van der Waals surface area contributed by atoms with Gasteiger partial charge < -0.3 is 15.4 Å². The van der Waals surface area contributed by atoms with Crippen molar-refractivity contribution in [1.29, 1.82) is 0 Å². The molecular formula is C17H27N3O2. The van der Waals surface area contributed by atoms with Crippen LogP contribution in [0.15, 0.2) is 24.5 Å². The van der Waals surface area contributed by atoms with Crippen molar-refractivity contribution in [2.75, 3.05) is 6.54 Å². The Morgan fingerprint density at radius 3 is 2.73 bits per heavy atom. The molecule has 1 fully saturated rings. The van der Waals surface area contributed by atoms with Gasteiger partial charge in [-0.1, -0.05) is 6.07 Å². The van der Waals surface area contributed by atoms with E-state index in [9.17, 15) is 4.79 Å². The molecule has 1 aromatic rings. The maximum Gasteiger partial charge on any atom is 0.407 e. The fourth-order valence-corrected chi connectivity index (χ4v) is 2.42. The van der Waals surface area contributed by atoms with Crippen LogP contribution in [-0.2, 0) is 4.74 Å². The molecule has 1 aliphatic carbocycles. The highest BCUT2D eigenvalue weighted by Gasteiger charge is 2.32. The largest absolute Gasteiger partial charge is 0.444 e. The van der Waals surface area contributed by atoms with Crippen molar-refractivity contribution in [3.05, 3.63) is 30.1 Å². The number of pyridine rings is 1. The van der Waals surface area contributed by atoms with E-state index in [2.05, 4.69) is 28.6 Å². The molecule has 5 heteroatoms. The first-order valence-electron chi connectivity index (χ1n) is 7.98. The van der Waals surface area contributed by atoms with Crippen molar-refractivity contribution in [3.63, 3.8) is 0 Å². The molecule has 0 bridgehead atoms. The van der Waals surface area contributed by atoms with Crippen LogP contribution in [0.3, 0.4) is 0 Å². The predicted molar refractivity (Wildman–Crippen MR) is 86.5 cm³/mol. The minimum atomic E-state index is -0.463. The van der Waals surface area contributed by atoms with Crippen LogP contribution in [0, 0.1) is 5.92 Å². The average Bonchev–Trinajstić information content (AvgIpc) is 3.26. The Bertz CT molecular complexity index is 480. The molecule has 0 aliphatic heterocycles. The quantitative estimate of drug-likeness (QED) is 0.848. The molecule has 1 aliphatic rings. The summed E-state index contributed by atoms with van der Waals surface area (Å²) in [6, 6.07) is 4.48. The van der Waals surface area contributed by atoms with Gasteiger partial charge in [-0.2, -0.15) is 0 Å². The Hall–Kier alpha value is -1.62. The van der Waals surface area contributed by atoms with Gasteiger partial charge >= 0.3 is 6.09 Å². The van der Waals surface area contributed by atoms with Crippen molar-refractivity contribution < 1.29 is 9.53 Å². The third-order valence-corrected chi connectivity index (χ3v) is 3.70. The Labute approximate surface area is 132 Å². The molecule has 1 saturated carbocycles. The van der Waals surface area contributed by atoms with Crippen LogP contribution in [0.25, 0.3) is 0 Å². The Morgan fingerprint density at radius 2 is 2.18 bits per heavy atom. The highest BCUT2D eigenvalue weighted by atomic mass is 16.6. The molecule has 22 heavy (non-hydrogen) atoms. The third-order valence-electron chi connectivity index (χ3n) is 3.70. The second-order valence-corrected chi connectivity index (χ2v) is 7.00. The second kappa shape index (κ2) is 7.09. The van der Waals surface area contributed by atoms with E-state index in [1.54, 1.807) is 6.20 Å².